The molecule has 10 heteroatoms. The average molecular weight is 490 g/mol. The first kappa shape index (κ1) is 24.3. The number of allylic oxidation sites excluding steroid dienone is 1. The van der Waals surface area contributed by atoms with E-state index in [-0.39, 0.29) is 27.8 Å². The van der Waals surface area contributed by atoms with Crippen LogP contribution in [0.5, 0.6) is 0 Å². The van der Waals surface area contributed by atoms with E-state index in [1.165, 1.54) is 23.9 Å². The molecule has 3 aromatic rings. The fraction of sp³-hybridized carbons (Fsp3) is 0.217. The maximum absolute atomic E-state index is 13.4. The van der Waals surface area contributed by atoms with Crippen molar-refractivity contribution in [2.24, 2.45) is 7.05 Å². The molecular formula is C23H24ClN3O5S. The van der Waals surface area contributed by atoms with Crippen LogP contribution in [0.2, 0.25) is 5.02 Å². The number of esters is 1. The third kappa shape index (κ3) is 4.60. The second-order valence-electron chi connectivity index (χ2n) is 7.19. The maximum atomic E-state index is 13.4. The molecule has 0 aliphatic carbocycles. The van der Waals surface area contributed by atoms with Crippen LogP contribution in [0, 0.1) is 6.92 Å². The van der Waals surface area contributed by atoms with Gasteiger partial charge in [0.1, 0.15) is 12.3 Å². The first-order chi connectivity index (χ1) is 15.6. The van der Waals surface area contributed by atoms with E-state index in [9.17, 15) is 18.0 Å². The molecule has 174 valence electrons. The molecule has 0 amide bonds. The molecule has 1 aromatic heterocycles. The molecule has 0 saturated carbocycles. The molecule has 0 unspecified atom stereocenters. The number of sulfonamides is 1. The molecule has 0 bridgehead atoms. The Morgan fingerprint density at radius 3 is 2.48 bits per heavy atom. The van der Waals surface area contributed by atoms with Gasteiger partial charge in [0.2, 0.25) is 0 Å². The van der Waals surface area contributed by atoms with Crippen LogP contribution < -0.4 is 9.86 Å². The second kappa shape index (κ2) is 9.68. The summed E-state index contributed by atoms with van der Waals surface area (Å²) in [7, 11) is -1.22. The summed E-state index contributed by atoms with van der Waals surface area (Å²) in [5.41, 5.74) is 0.473. The molecule has 2 aromatic carbocycles. The van der Waals surface area contributed by atoms with Gasteiger partial charge in [-0.1, -0.05) is 42.0 Å². The zero-order chi connectivity index (χ0) is 24.3. The van der Waals surface area contributed by atoms with Crippen molar-refractivity contribution in [3.8, 4) is 5.69 Å². The number of para-hydroxylation sites is 1. The standard InChI is InChI=1S/C23H24ClN3O5S/c1-5-6-14-32-23(29)19-15-18(12-13-20(19)24)33(30,31)26(4)21-16(2)25(3)27(22(21)28)17-10-8-7-9-11-17/h5-13,15H,14H2,1-4H3/b6-5+. The lowest BCUT2D eigenvalue weighted by Crippen LogP contribution is -2.32. The first-order valence-corrected chi connectivity index (χ1v) is 11.8. The average Bonchev–Trinajstić information content (AvgIpc) is 3.02. The molecule has 0 aliphatic rings. The van der Waals surface area contributed by atoms with Gasteiger partial charge in [0, 0.05) is 14.1 Å². The van der Waals surface area contributed by atoms with Crippen molar-refractivity contribution < 1.29 is 17.9 Å². The summed E-state index contributed by atoms with van der Waals surface area (Å²) in [6, 6.07) is 12.7. The Bertz CT molecular complexity index is 1380. The number of ether oxygens (including phenoxy) is 1. The van der Waals surface area contributed by atoms with Gasteiger partial charge < -0.3 is 4.74 Å². The number of carbonyl (C=O) groups is 1. The Kier molecular flexibility index (Phi) is 7.14. The Labute approximate surface area is 197 Å². The van der Waals surface area contributed by atoms with Gasteiger partial charge in [0.05, 0.1) is 26.9 Å². The highest BCUT2D eigenvalue weighted by Gasteiger charge is 2.29. The van der Waals surface area contributed by atoms with Crippen molar-refractivity contribution in [2.45, 2.75) is 18.7 Å². The smallest absolute Gasteiger partial charge is 0.340 e. The number of anilines is 1. The van der Waals surface area contributed by atoms with Gasteiger partial charge >= 0.3 is 5.97 Å². The van der Waals surface area contributed by atoms with Gasteiger partial charge in [-0.2, -0.15) is 0 Å². The van der Waals surface area contributed by atoms with Crippen LogP contribution in [-0.4, -0.2) is 37.4 Å². The van der Waals surface area contributed by atoms with Crippen molar-refractivity contribution in [3.05, 3.63) is 87.3 Å². The summed E-state index contributed by atoms with van der Waals surface area (Å²) in [4.78, 5) is 25.4. The number of nitrogens with zero attached hydrogens (tertiary/aromatic N) is 3. The van der Waals surface area contributed by atoms with Crippen LogP contribution in [-0.2, 0) is 21.8 Å². The Balaban J connectivity index is 2.05. The summed E-state index contributed by atoms with van der Waals surface area (Å²) in [6.07, 6.45) is 3.35. The van der Waals surface area contributed by atoms with Crippen LogP contribution in [0.15, 0.2) is 70.4 Å². The lowest BCUT2D eigenvalue weighted by atomic mass is 10.2. The highest BCUT2D eigenvalue weighted by atomic mass is 35.5. The predicted molar refractivity (Wildman–Crippen MR) is 128 cm³/mol. The third-order valence-electron chi connectivity index (χ3n) is 5.20. The van der Waals surface area contributed by atoms with E-state index in [1.807, 2.05) is 6.07 Å². The van der Waals surface area contributed by atoms with Crippen molar-refractivity contribution in [1.82, 2.24) is 9.36 Å². The minimum absolute atomic E-state index is 0.00601. The zero-order valence-electron chi connectivity index (χ0n) is 18.6. The fourth-order valence-corrected chi connectivity index (χ4v) is 4.78. The Hall–Kier alpha value is -3.30. The number of rotatable bonds is 7. The van der Waals surface area contributed by atoms with Crippen molar-refractivity contribution in [1.29, 1.82) is 0 Å². The Morgan fingerprint density at radius 2 is 1.85 bits per heavy atom. The minimum atomic E-state index is -4.19. The topological polar surface area (TPSA) is 90.6 Å². The number of hydrogen-bond donors (Lipinski definition) is 0. The van der Waals surface area contributed by atoms with E-state index in [2.05, 4.69) is 0 Å². The summed E-state index contributed by atoms with van der Waals surface area (Å²) in [5.74, 6) is -0.750. The molecule has 0 spiro atoms. The highest BCUT2D eigenvalue weighted by molar-refractivity contribution is 7.92. The van der Waals surface area contributed by atoms with Gasteiger partial charge in [-0.15, -0.1) is 0 Å². The van der Waals surface area contributed by atoms with Crippen molar-refractivity contribution >= 4 is 33.3 Å². The number of hydrogen-bond acceptors (Lipinski definition) is 5. The number of carbonyl (C=O) groups excluding carboxylic acids is 1. The highest BCUT2D eigenvalue weighted by Crippen LogP contribution is 2.27. The molecular weight excluding hydrogens is 466 g/mol. The molecule has 33 heavy (non-hydrogen) atoms. The lowest BCUT2D eigenvalue weighted by molar-refractivity contribution is 0.0549. The van der Waals surface area contributed by atoms with Gasteiger partial charge in [-0.05, 0) is 44.2 Å². The molecule has 0 saturated heterocycles. The monoisotopic (exact) mass is 489 g/mol. The third-order valence-corrected chi connectivity index (χ3v) is 7.28. The summed E-state index contributed by atoms with van der Waals surface area (Å²) in [6.45, 7) is 3.47. The van der Waals surface area contributed by atoms with E-state index in [0.29, 0.717) is 11.4 Å². The number of benzene rings is 2. The van der Waals surface area contributed by atoms with Crippen molar-refractivity contribution in [2.75, 3.05) is 18.0 Å². The van der Waals surface area contributed by atoms with Gasteiger partial charge in [-0.25, -0.2) is 17.9 Å². The fourth-order valence-electron chi connectivity index (χ4n) is 3.31. The molecule has 8 nitrogen and oxygen atoms in total. The predicted octanol–water partition coefficient (Wildman–Crippen LogP) is 3.70. The van der Waals surface area contributed by atoms with Crippen LogP contribution in [0.4, 0.5) is 5.69 Å². The van der Waals surface area contributed by atoms with Crippen LogP contribution in [0.25, 0.3) is 5.69 Å². The molecule has 3 rings (SSSR count). The molecule has 0 N–H and O–H groups in total. The number of aromatic nitrogens is 2. The maximum Gasteiger partial charge on any atom is 0.340 e. The van der Waals surface area contributed by atoms with Gasteiger partial charge in [-0.3, -0.25) is 13.8 Å². The second-order valence-corrected chi connectivity index (χ2v) is 9.57. The van der Waals surface area contributed by atoms with Crippen LogP contribution >= 0.6 is 11.6 Å². The van der Waals surface area contributed by atoms with E-state index in [0.717, 1.165) is 10.4 Å². The summed E-state index contributed by atoms with van der Waals surface area (Å²) < 4.78 is 35.8. The normalized spacial score (nSPS) is 11.7. The Morgan fingerprint density at radius 1 is 1.18 bits per heavy atom. The van der Waals surface area contributed by atoms with Gasteiger partial charge in [0.25, 0.3) is 15.6 Å². The van der Waals surface area contributed by atoms with E-state index < -0.39 is 21.6 Å². The van der Waals surface area contributed by atoms with Crippen LogP contribution in [0.1, 0.15) is 23.0 Å². The van der Waals surface area contributed by atoms with E-state index in [1.54, 1.807) is 62.0 Å². The molecule has 1 heterocycles. The van der Waals surface area contributed by atoms with E-state index >= 15 is 0 Å². The van der Waals surface area contributed by atoms with Gasteiger partial charge in [0.15, 0.2) is 0 Å². The SMILES string of the molecule is C/C=C/COC(=O)c1cc(S(=O)(=O)N(C)c2c(C)n(C)n(-c3ccccc3)c2=O)ccc1Cl. The van der Waals surface area contributed by atoms with E-state index in [4.69, 9.17) is 16.3 Å². The molecule has 0 aliphatic heterocycles. The summed E-state index contributed by atoms with van der Waals surface area (Å²) >= 11 is 6.11. The van der Waals surface area contributed by atoms with Crippen LogP contribution in [0.3, 0.4) is 0 Å². The lowest BCUT2D eigenvalue weighted by Gasteiger charge is -2.18. The summed E-state index contributed by atoms with van der Waals surface area (Å²) in [5, 5.41) is 0.0596. The largest absolute Gasteiger partial charge is 0.458 e. The van der Waals surface area contributed by atoms with Crippen molar-refractivity contribution in [3.63, 3.8) is 0 Å². The zero-order valence-corrected chi connectivity index (χ0v) is 20.2. The first-order valence-electron chi connectivity index (χ1n) is 10.0. The molecule has 0 radical (unpaired) electrons. The quantitative estimate of drug-likeness (QED) is 0.373. The number of halogens is 1. The molecule has 0 fully saturated rings. The molecule has 0 atom stereocenters. The minimum Gasteiger partial charge on any atom is -0.458 e.